The smallest absolute Gasteiger partial charge is 0.326 e. The van der Waals surface area contributed by atoms with Gasteiger partial charge in [-0.3, -0.25) is 4.79 Å². The third kappa shape index (κ3) is 5.70. The Morgan fingerprint density at radius 3 is 2.29 bits per heavy atom. The zero-order chi connectivity index (χ0) is 30.4. The van der Waals surface area contributed by atoms with E-state index in [2.05, 4.69) is 59.0 Å². The van der Waals surface area contributed by atoms with E-state index in [9.17, 15) is 14.7 Å². The lowest BCUT2D eigenvalue weighted by Crippen LogP contribution is -2.48. The summed E-state index contributed by atoms with van der Waals surface area (Å²) < 4.78 is 11.4. The summed E-state index contributed by atoms with van der Waals surface area (Å²) in [6, 6.07) is 14.6. The predicted octanol–water partition coefficient (Wildman–Crippen LogP) is 5.97. The Kier molecular flexibility index (Phi) is 8.23. The van der Waals surface area contributed by atoms with Crippen molar-refractivity contribution >= 4 is 11.9 Å². The van der Waals surface area contributed by atoms with Crippen molar-refractivity contribution in [3.63, 3.8) is 0 Å². The van der Waals surface area contributed by atoms with Gasteiger partial charge in [-0.2, -0.15) is 0 Å². The van der Waals surface area contributed by atoms with Crippen molar-refractivity contribution < 1.29 is 24.2 Å². The second-order valence-electron chi connectivity index (χ2n) is 14.7. The fourth-order valence-electron chi connectivity index (χ4n) is 7.55. The topological polar surface area (TPSA) is 88.1 Å². The Labute approximate surface area is 251 Å². The maximum Gasteiger partial charge on any atom is 0.326 e. The third-order valence-electron chi connectivity index (χ3n) is 9.97. The average Bonchev–Trinajstić information content (AvgIpc) is 3.49. The first kappa shape index (κ1) is 30.6. The molecule has 2 aromatic rings. The second kappa shape index (κ2) is 11.3. The van der Waals surface area contributed by atoms with Gasteiger partial charge < -0.3 is 24.8 Å². The molecule has 5 rings (SSSR count). The molecule has 0 bridgehead atoms. The van der Waals surface area contributed by atoms with Gasteiger partial charge in [0, 0.05) is 43.2 Å². The second-order valence-corrected chi connectivity index (χ2v) is 14.7. The number of benzene rings is 2. The molecule has 2 saturated heterocycles. The fourth-order valence-corrected chi connectivity index (χ4v) is 7.55. The van der Waals surface area contributed by atoms with Crippen molar-refractivity contribution in [3.8, 4) is 5.75 Å². The van der Waals surface area contributed by atoms with Crippen LogP contribution in [0.1, 0.15) is 83.5 Å². The van der Waals surface area contributed by atoms with Gasteiger partial charge in [0.25, 0.3) is 0 Å². The normalized spacial score (nSPS) is 27.2. The van der Waals surface area contributed by atoms with Crippen LogP contribution >= 0.6 is 0 Å². The number of methoxy groups -OCH3 is 1. The zero-order valence-electron chi connectivity index (χ0n) is 26.3. The van der Waals surface area contributed by atoms with Crippen molar-refractivity contribution in [1.29, 1.82) is 0 Å². The number of carboxylic acid groups (broad SMARTS) is 1. The molecular weight excluding hydrogens is 528 g/mol. The quantitative estimate of drug-likeness (QED) is 0.423. The SMILES string of the molecule is COc1ccc(C(C)(C)C)cc1CN[C@H]1[C@H](C(C)(C)C)[C@@H](C(=O)O)N(C(=O)C2CC23CCOCC3)[C@H]1c1ccccc1. The number of nitrogens with one attached hydrogen (secondary N) is 1. The summed E-state index contributed by atoms with van der Waals surface area (Å²) in [7, 11) is 1.68. The van der Waals surface area contributed by atoms with E-state index in [0.29, 0.717) is 19.8 Å². The Balaban J connectivity index is 1.57. The lowest BCUT2D eigenvalue weighted by atomic mass is 9.72. The number of likely N-dealkylation sites (tertiary alicyclic amines) is 1. The van der Waals surface area contributed by atoms with E-state index < -0.39 is 18.1 Å². The third-order valence-corrected chi connectivity index (χ3v) is 9.97. The van der Waals surface area contributed by atoms with Gasteiger partial charge >= 0.3 is 5.97 Å². The van der Waals surface area contributed by atoms with E-state index in [1.165, 1.54) is 5.56 Å². The molecule has 2 N–H and O–H groups in total. The number of carbonyl (C=O) groups excluding carboxylic acids is 1. The van der Waals surface area contributed by atoms with Crippen molar-refractivity contribution in [2.24, 2.45) is 22.7 Å². The van der Waals surface area contributed by atoms with Gasteiger partial charge in [0.1, 0.15) is 11.8 Å². The summed E-state index contributed by atoms with van der Waals surface area (Å²) in [5.74, 6) is -0.659. The minimum atomic E-state index is -0.944. The van der Waals surface area contributed by atoms with E-state index in [1.807, 2.05) is 36.4 Å². The Bertz CT molecular complexity index is 1290. The number of aliphatic carboxylic acids is 1. The lowest BCUT2D eigenvalue weighted by Gasteiger charge is -2.35. The summed E-state index contributed by atoms with van der Waals surface area (Å²) >= 11 is 0. The first-order valence-electron chi connectivity index (χ1n) is 15.4. The first-order valence-corrected chi connectivity index (χ1v) is 15.4. The lowest BCUT2D eigenvalue weighted by molar-refractivity contribution is -0.153. The van der Waals surface area contributed by atoms with E-state index in [0.717, 1.165) is 36.1 Å². The van der Waals surface area contributed by atoms with Crippen molar-refractivity contribution in [2.75, 3.05) is 20.3 Å². The van der Waals surface area contributed by atoms with Crippen LogP contribution in [0.3, 0.4) is 0 Å². The summed E-state index contributed by atoms with van der Waals surface area (Å²) in [5, 5.41) is 14.6. The summed E-state index contributed by atoms with van der Waals surface area (Å²) in [6.07, 6.45) is 2.53. The monoisotopic (exact) mass is 576 g/mol. The summed E-state index contributed by atoms with van der Waals surface area (Å²) in [6.45, 7) is 14.7. The van der Waals surface area contributed by atoms with Crippen LogP contribution in [0.5, 0.6) is 5.75 Å². The maximum atomic E-state index is 14.5. The number of amides is 1. The maximum absolute atomic E-state index is 14.5. The van der Waals surface area contributed by atoms with Crippen molar-refractivity contribution in [1.82, 2.24) is 10.2 Å². The largest absolute Gasteiger partial charge is 0.496 e. The Hall–Kier alpha value is -2.90. The molecule has 1 aliphatic carbocycles. The van der Waals surface area contributed by atoms with E-state index in [-0.39, 0.29) is 40.0 Å². The molecule has 3 aliphatic rings. The van der Waals surface area contributed by atoms with Gasteiger partial charge in [-0.25, -0.2) is 4.79 Å². The number of nitrogens with zero attached hydrogens (tertiary/aromatic N) is 1. The molecule has 0 radical (unpaired) electrons. The zero-order valence-corrected chi connectivity index (χ0v) is 26.3. The number of hydrogen-bond acceptors (Lipinski definition) is 5. The highest BCUT2D eigenvalue weighted by Gasteiger charge is 2.64. The van der Waals surface area contributed by atoms with Crippen LogP contribution in [0.4, 0.5) is 0 Å². The van der Waals surface area contributed by atoms with Gasteiger partial charge in [-0.15, -0.1) is 0 Å². The molecule has 5 atom stereocenters. The minimum Gasteiger partial charge on any atom is -0.496 e. The molecule has 2 heterocycles. The standard InChI is InChI=1S/C35H48N2O5/c1-33(2,3)24-13-14-26(41-7)23(19-24)21-36-28-27(34(4,5)6)30(32(39)40)37(29(28)22-11-9-8-10-12-22)31(38)25-20-35(25)15-17-42-18-16-35/h8-14,19,25,27-30,36H,15-18,20-21H2,1-7H3,(H,39,40)/t25?,27-,28-,29-,30-/m0/s1. The van der Waals surface area contributed by atoms with Gasteiger partial charge in [0.2, 0.25) is 5.91 Å². The Morgan fingerprint density at radius 1 is 1.05 bits per heavy atom. The molecule has 42 heavy (non-hydrogen) atoms. The first-order chi connectivity index (χ1) is 19.8. The number of rotatable bonds is 7. The fraction of sp³-hybridized carbons (Fsp3) is 0.600. The molecule has 1 saturated carbocycles. The van der Waals surface area contributed by atoms with Gasteiger partial charge in [0.15, 0.2) is 0 Å². The number of carboxylic acids is 1. The molecule has 7 nitrogen and oxygen atoms in total. The van der Waals surface area contributed by atoms with Crippen LogP contribution in [0.2, 0.25) is 0 Å². The van der Waals surface area contributed by atoms with Gasteiger partial charge in [-0.05, 0) is 52.7 Å². The van der Waals surface area contributed by atoms with E-state index in [4.69, 9.17) is 9.47 Å². The highest BCUT2D eigenvalue weighted by Crippen LogP contribution is 2.61. The van der Waals surface area contributed by atoms with Crippen LogP contribution in [0.15, 0.2) is 48.5 Å². The van der Waals surface area contributed by atoms with Gasteiger partial charge in [0.05, 0.1) is 13.2 Å². The molecule has 1 amide bonds. The molecule has 2 aliphatic heterocycles. The van der Waals surface area contributed by atoms with Crippen LogP contribution in [0, 0.1) is 22.7 Å². The molecule has 2 aromatic carbocycles. The highest BCUT2D eigenvalue weighted by atomic mass is 16.5. The molecule has 3 fully saturated rings. The average molecular weight is 577 g/mol. The molecule has 7 heteroatoms. The van der Waals surface area contributed by atoms with Crippen LogP contribution in [-0.2, 0) is 26.3 Å². The van der Waals surface area contributed by atoms with Crippen molar-refractivity contribution in [2.45, 2.75) is 90.9 Å². The number of carbonyl (C=O) groups is 2. The Morgan fingerprint density at radius 2 is 1.71 bits per heavy atom. The predicted molar refractivity (Wildman–Crippen MR) is 163 cm³/mol. The van der Waals surface area contributed by atoms with Crippen LogP contribution in [0.25, 0.3) is 0 Å². The van der Waals surface area contributed by atoms with Crippen LogP contribution in [-0.4, -0.2) is 54.3 Å². The molecule has 228 valence electrons. The summed E-state index contributed by atoms with van der Waals surface area (Å²) in [4.78, 5) is 29.4. The minimum absolute atomic E-state index is 0.0241. The highest BCUT2D eigenvalue weighted by molar-refractivity contribution is 5.89. The molecule has 1 spiro atoms. The molecule has 1 unspecified atom stereocenters. The van der Waals surface area contributed by atoms with Gasteiger partial charge in [-0.1, -0.05) is 84.0 Å². The van der Waals surface area contributed by atoms with E-state index in [1.54, 1.807) is 12.0 Å². The molecular formula is C35H48N2O5. The summed E-state index contributed by atoms with van der Waals surface area (Å²) in [5.41, 5.74) is 2.71. The number of hydrogen-bond donors (Lipinski definition) is 2. The van der Waals surface area contributed by atoms with Crippen LogP contribution < -0.4 is 10.1 Å². The van der Waals surface area contributed by atoms with Crippen molar-refractivity contribution in [3.05, 3.63) is 65.2 Å². The van der Waals surface area contributed by atoms with E-state index >= 15 is 0 Å². The number of ether oxygens (including phenoxy) is 2. The molecule has 0 aromatic heterocycles.